The SMILES string of the molecule is CC(CN)CNC(=O)c1ccnn1C. The third-order valence-electron chi connectivity index (χ3n) is 2.07. The van der Waals surface area contributed by atoms with Crippen LogP contribution in [0.2, 0.25) is 0 Å². The van der Waals surface area contributed by atoms with Gasteiger partial charge in [-0.1, -0.05) is 6.92 Å². The number of rotatable bonds is 4. The summed E-state index contributed by atoms with van der Waals surface area (Å²) in [6.45, 7) is 3.16. The highest BCUT2D eigenvalue weighted by Gasteiger charge is 2.09. The predicted octanol–water partition coefficient (Wildman–Crippen LogP) is -0.255. The smallest absolute Gasteiger partial charge is 0.269 e. The summed E-state index contributed by atoms with van der Waals surface area (Å²) in [4.78, 5) is 11.5. The molecule has 1 atom stereocenters. The maximum absolute atomic E-state index is 11.5. The molecule has 3 N–H and O–H groups in total. The van der Waals surface area contributed by atoms with E-state index in [2.05, 4.69) is 10.4 Å². The topological polar surface area (TPSA) is 72.9 Å². The fourth-order valence-corrected chi connectivity index (χ4v) is 1.04. The first-order chi connectivity index (χ1) is 6.65. The van der Waals surface area contributed by atoms with Gasteiger partial charge in [-0.15, -0.1) is 0 Å². The first kappa shape index (κ1) is 10.7. The number of nitrogens with zero attached hydrogens (tertiary/aromatic N) is 2. The first-order valence-electron chi connectivity index (χ1n) is 4.61. The van der Waals surface area contributed by atoms with Gasteiger partial charge in [-0.2, -0.15) is 5.10 Å². The zero-order valence-electron chi connectivity index (χ0n) is 8.53. The lowest BCUT2D eigenvalue weighted by molar-refractivity contribution is 0.0939. The van der Waals surface area contributed by atoms with Crippen molar-refractivity contribution in [2.75, 3.05) is 13.1 Å². The maximum atomic E-state index is 11.5. The lowest BCUT2D eigenvalue weighted by atomic mass is 10.2. The predicted molar refractivity (Wildman–Crippen MR) is 53.8 cm³/mol. The molecule has 1 aromatic heterocycles. The number of hydrogen-bond acceptors (Lipinski definition) is 3. The molecule has 78 valence electrons. The monoisotopic (exact) mass is 196 g/mol. The second-order valence-corrected chi connectivity index (χ2v) is 3.39. The Labute approximate surface area is 83.3 Å². The largest absolute Gasteiger partial charge is 0.350 e. The Kier molecular flexibility index (Phi) is 3.64. The second kappa shape index (κ2) is 4.76. The van der Waals surface area contributed by atoms with Gasteiger partial charge in [-0.05, 0) is 18.5 Å². The van der Waals surface area contributed by atoms with Gasteiger partial charge in [0.15, 0.2) is 0 Å². The van der Waals surface area contributed by atoms with Crippen molar-refractivity contribution < 1.29 is 4.79 Å². The number of hydrogen-bond donors (Lipinski definition) is 2. The summed E-state index contributed by atoms with van der Waals surface area (Å²) in [6.07, 6.45) is 1.60. The number of amides is 1. The van der Waals surface area contributed by atoms with Gasteiger partial charge in [-0.25, -0.2) is 0 Å². The number of nitrogens with one attached hydrogen (secondary N) is 1. The Hall–Kier alpha value is -1.36. The van der Waals surface area contributed by atoms with Crippen LogP contribution in [0.15, 0.2) is 12.3 Å². The van der Waals surface area contributed by atoms with Crippen LogP contribution >= 0.6 is 0 Å². The van der Waals surface area contributed by atoms with Gasteiger partial charge in [0, 0.05) is 19.8 Å². The van der Waals surface area contributed by atoms with E-state index in [1.54, 1.807) is 24.0 Å². The van der Waals surface area contributed by atoms with Gasteiger partial charge in [-0.3, -0.25) is 9.48 Å². The van der Waals surface area contributed by atoms with E-state index in [0.717, 1.165) is 0 Å². The summed E-state index contributed by atoms with van der Waals surface area (Å²) in [5.74, 6) is 0.192. The molecule has 0 radical (unpaired) electrons. The van der Waals surface area contributed by atoms with Crippen LogP contribution in [-0.4, -0.2) is 28.8 Å². The molecule has 0 aliphatic carbocycles. The van der Waals surface area contributed by atoms with Crippen LogP contribution in [-0.2, 0) is 7.05 Å². The third-order valence-corrected chi connectivity index (χ3v) is 2.07. The van der Waals surface area contributed by atoms with E-state index in [-0.39, 0.29) is 5.91 Å². The summed E-state index contributed by atoms with van der Waals surface area (Å²) in [6, 6.07) is 1.68. The van der Waals surface area contributed by atoms with E-state index in [4.69, 9.17) is 5.73 Å². The molecule has 0 aliphatic rings. The normalized spacial score (nSPS) is 12.5. The average molecular weight is 196 g/mol. The number of aryl methyl sites for hydroxylation is 1. The van der Waals surface area contributed by atoms with Crippen LogP contribution in [0.3, 0.4) is 0 Å². The van der Waals surface area contributed by atoms with Crippen LogP contribution in [0.5, 0.6) is 0 Å². The summed E-state index contributed by atoms with van der Waals surface area (Å²) in [7, 11) is 1.74. The molecule has 14 heavy (non-hydrogen) atoms. The van der Waals surface area contributed by atoms with Gasteiger partial charge in [0.25, 0.3) is 5.91 Å². The molecule has 0 bridgehead atoms. The molecular formula is C9H16N4O. The number of aromatic nitrogens is 2. The molecule has 5 heteroatoms. The minimum atomic E-state index is -0.106. The van der Waals surface area contributed by atoms with Crippen LogP contribution < -0.4 is 11.1 Å². The Morgan fingerprint density at radius 1 is 1.79 bits per heavy atom. The molecule has 0 aromatic carbocycles. The van der Waals surface area contributed by atoms with Crippen molar-refractivity contribution >= 4 is 5.91 Å². The van der Waals surface area contributed by atoms with Crippen LogP contribution in [0.25, 0.3) is 0 Å². The van der Waals surface area contributed by atoms with Gasteiger partial charge in [0.1, 0.15) is 5.69 Å². The zero-order valence-corrected chi connectivity index (χ0v) is 8.53. The molecule has 1 rings (SSSR count). The summed E-state index contributed by atoms with van der Waals surface area (Å²) in [5, 5.41) is 6.71. The van der Waals surface area contributed by atoms with Crippen molar-refractivity contribution in [3.8, 4) is 0 Å². The molecule has 1 amide bonds. The fraction of sp³-hybridized carbons (Fsp3) is 0.556. The minimum absolute atomic E-state index is 0.106. The van der Waals surface area contributed by atoms with E-state index in [1.807, 2.05) is 6.92 Å². The van der Waals surface area contributed by atoms with Crippen LogP contribution in [0, 0.1) is 5.92 Å². The Morgan fingerprint density at radius 3 is 3.00 bits per heavy atom. The molecule has 0 saturated heterocycles. The fourth-order valence-electron chi connectivity index (χ4n) is 1.04. The Bertz CT molecular complexity index is 308. The van der Waals surface area contributed by atoms with Crippen LogP contribution in [0.4, 0.5) is 0 Å². The summed E-state index contributed by atoms with van der Waals surface area (Å²) >= 11 is 0. The van der Waals surface area contributed by atoms with Crippen molar-refractivity contribution in [1.82, 2.24) is 15.1 Å². The highest BCUT2D eigenvalue weighted by molar-refractivity contribution is 5.92. The van der Waals surface area contributed by atoms with Gasteiger partial charge in [0.2, 0.25) is 0 Å². The van der Waals surface area contributed by atoms with E-state index in [9.17, 15) is 4.79 Å². The molecule has 1 aromatic rings. The molecule has 0 aliphatic heterocycles. The van der Waals surface area contributed by atoms with Gasteiger partial charge in [0.05, 0.1) is 0 Å². The molecule has 1 heterocycles. The zero-order chi connectivity index (χ0) is 10.6. The van der Waals surface area contributed by atoms with Gasteiger partial charge >= 0.3 is 0 Å². The average Bonchev–Trinajstić information content (AvgIpc) is 2.60. The van der Waals surface area contributed by atoms with E-state index in [1.165, 1.54) is 0 Å². The second-order valence-electron chi connectivity index (χ2n) is 3.39. The van der Waals surface area contributed by atoms with Crippen LogP contribution in [0.1, 0.15) is 17.4 Å². The molecule has 0 spiro atoms. The lowest BCUT2D eigenvalue weighted by Crippen LogP contribution is -2.32. The molecule has 0 fully saturated rings. The van der Waals surface area contributed by atoms with E-state index < -0.39 is 0 Å². The number of carbonyl (C=O) groups is 1. The summed E-state index contributed by atoms with van der Waals surface area (Å²) < 4.78 is 1.54. The third kappa shape index (κ3) is 2.56. The summed E-state index contributed by atoms with van der Waals surface area (Å²) in [5.41, 5.74) is 6.00. The molecule has 1 unspecified atom stereocenters. The highest BCUT2D eigenvalue weighted by Crippen LogP contribution is 1.96. The van der Waals surface area contributed by atoms with Gasteiger partial charge < -0.3 is 11.1 Å². The standard InChI is InChI=1S/C9H16N4O/c1-7(5-10)6-11-9(14)8-3-4-12-13(8)2/h3-4,7H,5-6,10H2,1-2H3,(H,11,14). The Morgan fingerprint density at radius 2 is 2.50 bits per heavy atom. The highest BCUT2D eigenvalue weighted by atomic mass is 16.2. The minimum Gasteiger partial charge on any atom is -0.350 e. The van der Waals surface area contributed by atoms with Crippen molar-refractivity contribution in [1.29, 1.82) is 0 Å². The van der Waals surface area contributed by atoms with E-state index >= 15 is 0 Å². The lowest BCUT2D eigenvalue weighted by Gasteiger charge is -2.09. The van der Waals surface area contributed by atoms with Crippen molar-refractivity contribution in [2.45, 2.75) is 6.92 Å². The number of carbonyl (C=O) groups excluding carboxylic acids is 1. The number of nitrogens with two attached hydrogens (primary N) is 1. The quantitative estimate of drug-likeness (QED) is 0.697. The van der Waals surface area contributed by atoms with E-state index in [0.29, 0.717) is 24.7 Å². The Balaban J connectivity index is 2.47. The molecular weight excluding hydrogens is 180 g/mol. The maximum Gasteiger partial charge on any atom is 0.269 e. The van der Waals surface area contributed by atoms with Crippen molar-refractivity contribution in [3.05, 3.63) is 18.0 Å². The molecule has 5 nitrogen and oxygen atoms in total. The molecule has 0 saturated carbocycles. The van der Waals surface area contributed by atoms with Crippen molar-refractivity contribution in [2.24, 2.45) is 18.7 Å². The van der Waals surface area contributed by atoms with Crippen molar-refractivity contribution in [3.63, 3.8) is 0 Å². The first-order valence-corrected chi connectivity index (χ1v) is 4.61.